The minimum absolute atomic E-state index is 0.100. The number of carbonyl (C=O) groups is 3. The lowest BCUT2D eigenvalue weighted by Crippen LogP contribution is -2.45. The Kier molecular flexibility index (Phi) is 4.56. The van der Waals surface area contributed by atoms with E-state index in [9.17, 15) is 14.4 Å². The van der Waals surface area contributed by atoms with Gasteiger partial charge < -0.3 is 19.5 Å². The highest BCUT2D eigenvalue weighted by Gasteiger charge is 2.30. The van der Waals surface area contributed by atoms with E-state index in [0.29, 0.717) is 16.9 Å². The van der Waals surface area contributed by atoms with Gasteiger partial charge in [-0.15, -0.1) is 0 Å². The maximum atomic E-state index is 12.9. The summed E-state index contributed by atoms with van der Waals surface area (Å²) in [7, 11) is 1.56. The van der Waals surface area contributed by atoms with Crippen LogP contribution in [0.15, 0.2) is 47.3 Å². The maximum Gasteiger partial charge on any atom is 0.257 e. The quantitative estimate of drug-likeness (QED) is 0.927. The lowest BCUT2D eigenvalue weighted by molar-refractivity contribution is -0.119. The van der Waals surface area contributed by atoms with E-state index in [1.165, 1.54) is 17.4 Å². The van der Waals surface area contributed by atoms with Crippen molar-refractivity contribution in [1.82, 2.24) is 4.90 Å². The van der Waals surface area contributed by atoms with E-state index in [2.05, 4.69) is 5.32 Å². The Morgan fingerprint density at radius 3 is 2.80 bits per heavy atom. The molecule has 0 bridgehead atoms. The van der Waals surface area contributed by atoms with Crippen molar-refractivity contribution in [3.63, 3.8) is 0 Å². The number of nitrogens with zero attached hydrogens (tertiary/aromatic N) is 2. The van der Waals surface area contributed by atoms with Crippen LogP contribution < -0.4 is 10.2 Å². The fraction of sp³-hybridized carbons (Fsp3) is 0.278. The summed E-state index contributed by atoms with van der Waals surface area (Å²) in [5, 5.41) is 2.81. The number of fused-ring (bicyclic) bond motifs is 1. The number of carbonyl (C=O) groups excluding carboxylic acids is 3. The number of amides is 3. The van der Waals surface area contributed by atoms with Crippen LogP contribution in [0.25, 0.3) is 0 Å². The molecule has 130 valence electrons. The first kappa shape index (κ1) is 16.8. The van der Waals surface area contributed by atoms with Crippen LogP contribution in [0.3, 0.4) is 0 Å². The summed E-state index contributed by atoms with van der Waals surface area (Å²) >= 11 is 0. The summed E-state index contributed by atoms with van der Waals surface area (Å²) in [4.78, 5) is 40.1. The number of likely N-dealkylation sites (N-methyl/N-ethyl adjacent to an activating group) is 1. The molecule has 3 amide bonds. The summed E-state index contributed by atoms with van der Waals surface area (Å²) in [5.41, 5.74) is 1.61. The SMILES string of the molecule is CC1CC(=O)Nc2ccccc2N1C(=O)CN(C)C(=O)c1ccoc1. The van der Waals surface area contributed by atoms with Gasteiger partial charge in [0.1, 0.15) is 12.8 Å². The number of benzene rings is 1. The molecule has 7 nitrogen and oxygen atoms in total. The number of hydrogen-bond donors (Lipinski definition) is 1. The smallest absolute Gasteiger partial charge is 0.257 e. The van der Waals surface area contributed by atoms with Gasteiger partial charge in [-0.25, -0.2) is 0 Å². The van der Waals surface area contributed by atoms with Crippen molar-refractivity contribution in [1.29, 1.82) is 0 Å². The zero-order chi connectivity index (χ0) is 18.0. The Morgan fingerprint density at radius 2 is 2.08 bits per heavy atom. The van der Waals surface area contributed by atoms with Gasteiger partial charge in [-0.05, 0) is 25.1 Å². The van der Waals surface area contributed by atoms with Crippen molar-refractivity contribution >= 4 is 29.1 Å². The van der Waals surface area contributed by atoms with Crippen LogP contribution in [-0.4, -0.2) is 42.3 Å². The topological polar surface area (TPSA) is 82.9 Å². The first-order valence-corrected chi connectivity index (χ1v) is 7.96. The van der Waals surface area contributed by atoms with Gasteiger partial charge in [0.2, 0.25) is 11.8 Å². The summed E-state index contributed by atoms with van der Waals surface area (Å²) in [6, 6.07) is 8.39. The zero-order valence-corrected chi connectivity index (χ0v) is 14.1. The standard InChI is InChI=1S/C18H19N3O4/c1-12-9-16(22)19-14-5-3-4-6-15(14)21(12)17(23)10-20(2)18(24)13-7-8-25-11-13/h3-8,11-12H,9-10H2,1-2H3,(H,19,22). The first-order chi connectivity index (χ1) is 12.0. The van der Waals surface area contributed by atoms with Crippen molar-refractivity contribution in [2.45, 2.75) is 19.4 Å². The Balaban J connectivity index is 1.83. The van der Waals surface area contributed by atoms with Crippen LogP contribution in [0, 0.1) is 0 Å². The van der Waals surface area contributed by atoms with Crippen molar-refractivity contribution in [3.8, 4) is 0 Å². The van der Waals surface area contributed by atoms with Crippen LogP contribution in [0.1, 0.15) is 23.7 Å². The van der Waals surface area contributed by atoms with Crippen LogP contribution in [0.5, 0.6) is 0 Å². The van der Waals surface area contributed by atoms with E-state index in [1.807, 2.05) is 13.0 Å². The maximum absolute atomic E-state index is 12.9. The summed E-state index contributed by atoms with van der Waals surface area (Å²) in [6.07, 6.45) is 2.95. The molecule has 0 radical (unpaired) electrons. The molecule has 0 fully saturated rings. The van der Waals surface area contributed by atoms with Gasteiger partial charge in [-0.1, -0.05) is 12.1 Å². The predicted octanol–water partition coefficient (Wildman–Crippen LogP) is 2.12. The summed E-state index contributed by atoms with van der Waals surface area (Å²) in [6.45, 7) is 1.72. The average molecular weight is 341 g/mol. The van der Waals surface area contributed by atoms with Crippen molar-refractivity contribution in [3.05, 3.63) is 48.4 Å². The second kappa shape index (κ2) is 6.80. The third kappa shape index (κ3) is 3.40. The summed E-state index contributed by atoms with van der Waals surface area (Å²) in [5.74, 6) is -0.694. The molecule has 1 unspecified atom stereocenters. The molecule has 1 aliphatic heterocycles. The fourth-order valence-electron chi connectivity index (χ4n) is 2.93. The van der Waals surface area contributed by atoms with Crippen LogP contribution in [0.2, 0.25) is 0 Å². The van der Waals surface area contributed by atoms with Gasteiger partial charge in [-0.3, -0.25) is 14.4 Å². The molecule has 0 saturated heterocycles. The molecule has 1 aromatic carbocycles. The second-order valence-corrected chi connectivity index (χ2v) is 6.06. The molecule has 2 heterocycles. The normalized spacial score (nSPS) is 16.6. The van der Waals surface area contributed by atoms with E-state index in [1.54, 1.807) is 36.2 Å². The lowest BCUT2D eigenvalue weighted by Gasteiger charge is -2.29. The van der Waals surface area contributed by atoms with Gasteiger partial charge in [0.15, 0.2) is 0 Å². The number of hydrogen-bond acceptors (Lipinski definition) is 4. The number of rotatable bonds is 3. The zero-order valence-electron chi connectivity index (χ0n) is 14.1. The molecule has 1 atom stereocenters. The van der Waals surface area contributed by atoms with Gasteiger partial charge in [-0.2, -0.15) is 0 Å². The molecule has 1 N–H and O–H groups in total. The number of anilines is 2. The van der Waals surface area contributed by atoms with Crippen molar-refractivity contribution < 1.29 is 18.8 Å². The Bertz CT molecular complexity index is 800. The molecule has 0 aliphatic carbocycles. The Morgan fingerprint density at radius 1 is 1.32 bits per heavy atom. The largest absolute Gasteiger partial charge is 0.472 e. The molecule has 1 aliphatic rings. The second-order valence-electron chi connectivity index (χ2n) is 6.06. The number of nitrogens with one attached hydrogen (secondary N) is 1. The number of furan rings is 1. The summed E-state index contributed by atoms with van der Waals surface area (Å²) < 4.78 is 4.91. The van der Waals surface area contributed by atoms with E-state index in [0.717, 1.165) is 0 Å². The molecule has 3 rings (SSSR count). The van der Waals surface area contributed by atoms with Gasteiger partial charge in [0, 0.05) is 19.5 Å². The van der Waals surface area contributed by atoms with E-state index < -0.39 is 0 Å². The fourth-order valence-corrected chi connectivity index (χ4v) is 2.93. The monoisotopic (exact) mass is 341 g/mol. The van der Waals surface area contributed by atoms with Gasteiger partial charge >= 0.3 is 0 Å². The highest BCUT2D eigenvalue weighted by Crippen LogP contribution is 2.31. The van der Waals surface area contributed by atoms with Gasteiger partial charge in [0.05, 0.1) is 23.2 Å². The minimum Gasteiger partial charge on any atom is -0.472 e. The first-order valence-electron chi connectivity index (χ1n) is 7.96. The van der Waals surface area contributed by atoms with Crippen LogP contribution in [-0.2, 0) is 9.59 Å². The molecule has 7 heteroatoms. The highest BCUT2D eigenvalue weighted by molar-refractivity contribution is 6.06. The Labute approximate surface area is 145 Å². The molecule has 1 aromatic heterocycles. The molecular weight excluding hydrogens is 322 g/mol. The third-order valence-electron chi connectivity index (χ3n) is 4.12. The minimum atomic E-state index is -0.312. The molecular formula is C18H19N3O4. The molecule has 25 heavy (non-hydrogen) atoms. The van der Waals surface area contributed by atoms with Crippen molar-refractivity contribution in [2.75, 3.05) is 23.8 Å². The van der Waals surface area contributed by atoms with Gasteiger partial charge in [0.25, 0.3) is 5.91 Å². The molecule has 0 spiro atoms. The van der Waals surface area contributed by atoms with E-state index >= 15 is 0 Å². The lowest BCUT2D eigenvalue weighted by atomic mass is 10.1. The predicted molar refractivity (Wildman–Crippen MR) is 92.3 cm³/mol. The number of para-hydroxylation sites is 2. The van der Waals surface area contributed by atoms with E-state index in [4.69, 9.17) is 4.42 Å². The Hall–Kier alpha value is -3.09. The average Bonchev–Trinajstić information content (AvgIpc) is 3.06. The van der Waals surface area contributed by atoms with Crippen molar-refractivity contribution in [2.24, 2.45) is 0 Å². The van der Waals surface area contributed by atoms with Crippen LogP contribution in [0.4, 0.5) is 11.4 Å². The third-order valence-corrected chi connectivity index (χ3v) is 4.12. The molecule has 2 aromatic rings. The highest BCUT2D eigenvalue weighted by atomic mass is 16.3. The van der Waals surface area contributed by atoms with E-state index in [-0.39, 0.29) is 36.7 Å². The molecule has 0 saturated carbocycles. The van der Waals surface area contributed by atoms with Crippen LogP contribution >= 0.6 is 0 Å².